The standard InChI is InChI=1S/C33H25N3/c1-21(2)34-28-16-8-9-17-29(28)36-31-24(14-10-18-30(31)34)26-20-19-25-23-13-6-7-15-27(23)35(32(25)33(26)36)22-11-4-3-5-12-22/h3-21H,1-2H3. The molecule has 0 unspecified atom stereocenters. The fraction of sp³-hybridized carbons (Fsp3) is 0.0909. The molecular weight excluding hydrogens is 438 g/mol. The van der Waals surface area contributed by atoms with Gasteiger partial charge in [-0.15, -0.1) is 0 Å². The first kappa shape index (κ1) is 19.8. The average Bonchev–Trinajstić information content (AvgIpc) is 3.43. The van der Waals surface area contributed by atoms with E-state index in [1.54, 1.807) is 0 Å². The Bertz CT molecular complexity index is 1970. The van der Waals surface area contributed by atoms with Crippen molar-refractivity contribution in [3.05, 3.63) is 109 Å². The van der Waals surface area contributed by atoms with Gasteiger partial charge in [-0.2, -0.15) is 0 Å². The normalized spacial score (nSPS) is 12.9. The van der Waals surface area contributed by atoms with E-state index in [1.165, 1.54) is 66.4 Å². The molecule has 0 N–H and O–H groups in total. The summed E-state index contributed by atoms with van der Waals surface area (Å²) >= 11 is 0. The Balaban J connectivity index is 1.68. The van der Waals surface area contributed by atoms with Gasteiger partial charge in [0.1, 0.15) is 0 Å². The Kier molecular flexibility index (Phi) is 3.85. The zero-order chi connectivity index (χ0) is 24.0. The van der Waals surface area contributed by atoms with Crippen molar-refractivity contribution in [3.63, 3.8) is 0 Å². The lowest BCUT2D eigenvalue weighted by molar-refractivity contribution is 0.781. The van der Waals surface area contributed by atoms with Crippen LogP contribution in [-0.2, 0) is 0 Å². The summed E-state index contributed by atoms with van der Waals surface area (Å²) in [6, 6.07) is 40.2. The lowest BCUT2D eigenvalue weighted by Gasteiger charge is -2.35. The number of aromatic nitrogens is 2. The molecule has 172 valence electrons. The number of hydrogen-bond donors (Lipinski definition) is 0. The molecule has 1 aliphatic rings. The summed E-state index contributed by atoms with van der Waals surface area (Å²) in [5.74, 6) is 0. The molecule has 0 atom stereocenters. The molecule has 3 heterocycles. The van der Waals surface area contributed by atoms with Crippen molar-refractivity contribution in [3.8, 4) is 11.4 Å². The van der Waals surface area contributed by atoms with Crippen molar-refractivity contribution in [1.82, 2.24) is 9.13 Å². The third-order valence-corrected chi connectivity index (χ3v) is 7.73. The predicted molar refractivity (Wildman–Crippen MR) is 152 cm³/mol. The van der Waals surface area contributed by atoms with E-state index in [-0.39, 0.29) is 0 Å². The second-order valence-corrected chi connectivity index (χ2v) is 10.0. The average molecular weight is 464 g/mol. The zero-order valence-electron chi connectivity index (χ0n) is 20.3. The summed E-state index contributed by atoms with van der Waals surface area (Å²) < 4.78 is 4.97. The number of fused-ring (bicyclic) bond motifs is 9. The van der Waals surface area contributed by atoms with Gasteiger partial charge in [0.25, 0.3) is 0 Å². The van der Waals surface area contributed by atoms with Crippen LogP contribution in [0.2, 0.25) is 0 Å². The van der Waals surface area contributed by atoms with Crippen LogP contribution in [-0.4, -0.2) is 15.2 Å². The Morgan fingerprint density at radius 3 is 1.83 bits per heavy atom. The third-order valence-electron chi connectivity index (χ3n) is 7.73. The quantitative estimate of drug-likeness (QED) is 0.250. The molecule has 0 saturated carbocycles. The monoisotopic (exact) mass is 463 g/mol. The fourth-order valence-electron chi connectivity index (χ4n) is 6.40. The topological polar surface area (TPSA) is 13.1 Å². The highest BCUT2D eigenvalue weighted by Crippen LogP contribution is 2.49. The molecule has 0 aliphatic carbocycles. The second kappa shape index (κ2) is 7.02. The first-order valence-electron chi connectivity index (χ1n) is 12.7. The SMILES string of the molecule is CC(C)N1c2ccccc2-n2c3c1cccc3c1ccc3c4ccccc4n(-c4ccccc4)c3c12. The summed E-state index contributed by atoms with van der Waals surface area (Å²) in [6.07, 6.45) is 0. The molecular formula is C33H25N3. The first-order valence-corrected chi connectivity index (χ1v) is 12.7. The van der Waals surface area contributed by atoms with Gasteiger partial charge in [-0.25, -0.2) is 0 Å². The number of nitrogens with zero attached hydrogens (tertiary/aromatic N) is 3. The van der Waals surface area contributed by atoms with E-state index in [0.717, 1.165) is 0 Å². The van der Waals surface area contributed by atoms with Crippen LogP contribution in [0, 0.1) is 0 Å². The van der Waals surface area contributed by atoms with Crippen LogP contribution in [0.3, 0.4) is 0 Å². The van der Waals surface area contributed by atoms with Crippen LogP contribution in [0.1, 0.15) is 13.8 Å². The molecule has 0 spiro atoms. The second-order valence-electron chi connectivity index (χ2n) is 10.0. The summed E-state index contributed by atoms with van der Waals surface area (Å²) in [4.78, 5) is 2.49. The van der Waals surface area contributed by atoms with Crippen LogP contribution in [0.5, 0.6) is 0 Å². The highest BCUT2D eigenvalue weighted by Gasteiger charge is 2.30. The largest absolute Gasteiger partial charge is 0.335 e. The molecule has 2 aromatic heterocycles. The van der Waals surface area contributed by atoms with Crippen LogP contribution in [0.4, 0.5) is 11.4 Å². The van der Waals surface area contributed by atoms with E-state index in [4.69, 9.17) is 0 Å². The molecule has 8 rings (SSSR count). The van der Waals surface area contributed by atoms with E-state index in [1.807, 2.05) is 0 Å². The van der Waals surface area contributed by atoms with Gasteiger partial charge in [0.05, 0.1) is 39.1 Å². The van der Waals surface area contributed by atoms with E-state index >= 15 is 0 Å². The van der Waals surface area contributed by atoms with Crippen molar-refractivity contribution in [2.45, 2.75) is 19.9 Å². The van der Waals surface area contributed by atoms with Crippen LogP contribution >= 0.6 is 0 Å². The smallest absolute Gasteiger partial charge is 0.0790 e. The number of anilines is 2. The third kappa shape index (κ3) is 2.37. The Morgan fingerprint density at radius 2 is 1.03 bits per heavy atom. The first-order chi connectivity index (χ1) is 17.7. The van der Waals surface area contributed by atoms with Gasteiger partial charge in [-0.1, -0.05) is 72.8 Å². The lowest BCUT2D eigenvalue weighted by Crippen LogP contribution is -2.29. The lowest BCUT2D eigenvalue weighted by atomic mass is 10.1. The van der Waals surface area contributed by atoms with Gasteiger partial charge < -0.3 is 14.0 Å². The molecule has 0 bridgehead atoms. The minimum Gasteiger partial charge on any atom is -0.335 e. The number of rotatable bonds is 2. The van der Waals surface area contributed by atoms with Gasteiger partial charge in [-0.05, 0) is 50.2 Å². The zero-order valence-corrected chi connectivity index (χ0v) is 20.3. The molecule has 36 heavy (non-hydrogen) atoms. The summed E-state index contributed by atoms with van der Waals surface area (Å²) in [5.41, 5.74) is 10.00. The van der Waals surface area contributed by atoms with Crippen LogP contribution in [0.15, 0.2) is 109 Å². The minimum atomic E-state index is 0.347. The number of benzene rings is 5. The molecule has 3 heteroatoms. The summed E-state index contributed by atoms with van der Waals surface area (Å²) in [7, 11) is 0. The summed E-state index contributed by atoms with van der Waals surface area (Å²) in [6.45, 7) is 4.55. The molecule has 5 aromatic carbocycles. The number of para-hydroxylation sites is 5. The predicted octanol–water partition coefficient (Wildman–Crippen LogP) is 8.74. The fourth-order valence-corrected chi connectivity index (χ4v) is 6.40. The maximum absolute atomic E-state index is 2.52. The van der Waals surface area contributed by atoms with E-state index in [2.05, 4.69) is 137 Å². The van der Waals surface area contributed by atoms with Gasteiger partial charge in [0.15, 0.2) is 0 Å². The van der Waals surface area contributed by atoms with E-state index in [0.29, 0.717) is 6.04 Å². The van der Waals surface area contributed by atoms with E-state index < -0.39 is 0 Å². The van der Waals surface area contributed by atoms with Gasteiger partial charge in [0.2, 0.25) is 0 Å². The molecule has 7 aromatic rings. The molecule has 0 amide bonds. The highest BCUT2D eigenvalue weighted by atomic mass is 15.2. The Labute approximate surface area is 209 Å². The molecule has 0 fully saturated rings. The van der Waals surface area contributed by atoms with Gasteiger partial charge in [0, 0.05) is 33.3 Å². The van der Waals surface area contributed by atoms with Gasteiger partial charge >= 0.3 is 0 Å². The van der Waals surface area contributed by atoms with Crippen molar-refractivity contribution < 1.29 is 0 Å². The van der Waals surface area contributed by atoms with Gasteiger partial charge in [-0.3, -0.25) is 0 Å². The molecule has 1 aliphatic heterocycles. The minimum absolute atomic E-state index is 0.347. The van der Waals surface area contributed by atoms with Crippen molar-refractivity contribution >= 4 is 55.0 Å². The molecule has 0 radical (unpaired) electrons. The molecule has 3 nitrogen and oxygen atoms in total. The highest BCUT2D eigenvalue weighted by molar-refractivity contribution is 6.25. The van der Waals surface area contributed by atoms with Crippen molar-refractivity contribution in [2.75, 3.05) is 4.90 Å². The van der Waals surface area contributed by atoms with Crippen LogP contribution < -0.4 is 4.90 Å². The van der Waals surface area contributed by atoms with E-state index in [9.17, 15) is 0 Å². The Hall–Kier alpha value is -4.50. The molecule has 0 saturated heterocycles. The maximum atomic E-state index is 2.52. The van der Waals surface area contributed by atoms with Crippen LogP contribution in [0.25, 0.3) is 55.0 Å². The maximum Gasteiger partial charge on any atom is 0.0790 e. The Morgan fingerprint density at radius 1 is 0.444 bits per heavy atom. The van der Waals surface area contributed by atoms with Crippen molar-refractivity contribution in [2.24, 2.45) is 0 Å². The summed E-state index contributed by atoms with van der Waals surface area (Å²) in [5, 5.41) is 5.16. The van der Waals surface area contributed by atoms with Crippen molar-refractivity contribution in [1.29, 1.82) is 0 Å². The number of hydrogen-bond acceptors (Lipinski definition) is 1.